The summed E-state index contributed by atoms with van der Waals surface area (Å²) in [4.78, 5) is 8.71. The lowest BCUT2D eigenvalue weighted by Gasteiger charge is -2.19. The minimum absolute atomic E-state index is 0.0325. The topological polar surface area (TPSA) is 95.6 Å². The number of anilines is 2. The van der Waals surface area contributed by atoms with Gasteiger partial charge in [0.25, 0.3) is 0 Å². The Balaban J connectivity index is 1.52. The minimum Gasteiger partial charge on any atom is -0.374 e. The molecule has 1 N–H and O–H groups in total. The van der Waals surface area contributed by atoms with Gasteiger partial charge in [-0.25, -0.2) is 9.37 Å². The first-order valence-electron chi connectivity index (χ1n) is 9.26. The van der Waals surface area contributed by atoms with E-state index in [2.05, 4.69) is 30.7 Å². The van der Waals surface area contributed by atoms with E-state index in [-0.39, 0.29) is 10.6 Å². The summed E-state index contributed by atoms with van der Waals surface area (Å²) in [5, 5.41) is 15.5. The molecule has 30 heavy (non-hydrogen) atoms. The number of aromatic nitrogens is 7. The van der Waals surface area contributed by atoms with E-state index in [0.29, 0.717) is 36.0 Å². The van der Waals surface area contributed by atoms with Crippen LogP contribution in [0, 0.1) is 5.82 Å². The van der Waals surface area contributed by atoms with Crippen molar-refractivity contribution in [3.8, 4) is 5.69 Å². The van der Waals surface area contributed by atoms with Crippen molar-refractivity contribution in [2.75, 3.05) is 11.9 Å². The quantitative estimate of drug-likeness (QED) is 0.497. The maximum absolute atomic E-state index is 13.8. The number of ether oxygens (including phenoxy) is 1. The zero-order valence-electron chi connectivity index (χ0n) is 16.7. The molecule has 0 aliphatic heterocycles. The third-order valence-electron chi connectivity index (χ3n) is 4.09. The molecule has 11 heteroatoms. The standard InChI is InChI=1S/C19H20ClFN8O/c1-19(2,3)30-7-6-28-11-12(9-23-28)24-18-22-10-16-17(25-18)29(27-26-16)13-4-5-14(20)15(21)8-13/h4-5,8-11H,6-7H2,1-3H3,(H,22,24,25). The summed E-state index contributed by atoms with van der Waals surface area (Å²) in [6.07, 6.45) is 5.06. The highest BCUT2D eigenvalue weighted by atomic mass is 35.5. The van der Waals surface area contributed by atoms with Crippen molar-refractivity contribution in [3.63, 3.8) is 0 Å². The summed E-state index contributed by atoms with van der Waals surface area (Å²) in [5.41, 5.74) is 1.89. The number of hydrogen-bond donors (Lipinski definition) is 1. The van der Waals surface area contributed by atoms with E-state index in [0.717, 1.165) is 5.69 Å². The summed E-state index contributed by atoms with van der Waals surface area (Å²) < 4.78 is 22.7. The van der Waals surface area contributed by atoms with Gasteiger partial charge in [0.2, 0.25) is 5.95 Å². The van der Waals surface area contributed by atoms with Crippen LogP contribution < -0.4 is 5.32 Å². The fraction of sp³-hybridized carbons (Fsp3) is 0.316. The van der Waals surface area contributed by atoms with Gasteiger partial charge in [0, 0.05) is 12.3 Å². The Bertz CT molecular complexity index is 1180. The highest BCUT2D eigenvalue weighted by Crippen LogP contribution is 2.21. The van der Waals surface area contributed by atoms with Crippen LogP contribution in [0.4, 0.5) is 16.0 Å². The van der Waals surface area contributed by atoms with Crippen molar-refractivity contribution in [2.24, 2.45) is 0 Å². The predicted molar refractivity (Wildman–Crippen MR) is 111 cm³/mol. The first kappa shape index (κ1) is 20.2. The number of nitrogens with zero attached hydrogens (tertiary/aromatic N) is 7. The molecule has 0 atom stereocenters. The molecular weight excluding hydrogens is 411 g/mol. The summed E-state index contributed by atoms with van der Waals surface area (Å²) in [6.45, 7) is 7.20. The molecule has 0 fully saturated rings. The van der Waals surface area contributed by atoms with Crippen molar-refractivity contribution in [3.05, 3.63) is 47.6 Å². The predicted octanol–water partition coefficient (Wildman–Crippen LogP) is 3.76. The molecule has 9 nitrogen and oxygen atoms in total. The molecule has 0 aliphatic carbocycles. The Morgan fingerprint density at radius 3 is 2.83 bits per heavy atom. The van der Waals surface area contributed by atoms with Gasteiger partial charge >= 0.3 is 0 Å². The summed E-state index contributed by atoms with van der Waals surface area (Å²) in [5.74, 6) is -0.209. The number of nitrogens with one attached hydrogen (secondary N) is 1. The molecule has 1 aromatic carbocycles. The molecule has 0 bridgehead atoms. The largest absolute Gasteiger partial charge is 0.374 e. The van der Waals surface area contributed by atoms with Gasteiger partial charge in [0.15, 0.2) is 11.2 Å². The Hall–Kier alpha value is -3.11. The molecule has 0 aliphatic rings. The van der Waals surface area contributed by atoms with Crippen LogP contribution in [0.25, 0.3) is 16.9 Å². The van der Waals surface area contributed by atoms with E-state index in [1.54, 1.807) is 23.1 Å². The molecular formula is C19H20ClFN8O. The first-order chi connectivity index (χ1) is 14.3. The van der Waals surface area contributed by atoms with Crippen molar-refractivity contribution in [1.29, 1.82) is 0 Å². The molecule has 0 spiro atoms. The van der Waals surface area contributed by atoms with Crippen LogP contribution in [-0.4, -0.2) is 47.0 Å². The van der Waals surface area contributed by atoms with Crippen LogP contribution in [0.2, 0.25) is 5.02 Å². The zero-order chi connectivity index (χ0) is 21.3. The first-order valence-corrected chi connectivity index (χ1v) is 9.64. The molecule has 3 heterocycles. The lowest BCUT2D eigenvalue weighted by atomic mass is 10.2. The number of hydrogen-bond acceptors (Lipinski definition) is 7. The number of fused-ring (bicyclic) bond motifs is 1. The van der Waals surface area contributed by atoms with Gasteiger partial charge in [-0.05, 0) is 32.9 Å². The molecule has 0 saturated heterocycles. The highest BCUT2D eigenvalue weighted by Gasteiger charge is 2.13. The van der Waals surface area contributed by atoms with E-state index in [1.807, 2.05) is 27.0 Å². The van der Waals surface area contributed by atoms with E-state index in [1.165, 1.54) is 16.8 Å². The molecule has 156 valence electrons. The Kier molecular flexibility index (Phi) is 5.35. The van der Waals surface area contributed by atoms with Crippen LogP contribution >= 0.6 is 11.6 Å². The van der Waals surface area contributed by atoms with Crippen LogP contribution in [0.3, 0.4) is 0 Å². The second-order valence-corrected chi connectivity index (χ2v) is 7.99. The van der Waals surface area contributed by atoms with E-state index < -0.39 is 5.82 Å². The van der Waals surface area contributed by atoms with Crippen molar-refractivity contribution < 1.29 is 9.13 Å². The van der Waals surface area contributed by atoms with Crippen molar-refractivity contribution in [1.82, 2.24) is 34.7 Å². The monoisotopic (exact) mass is 430 g/mol. The maximum atomic E-state index is 13.8. The van der Waals surface area contributed by atoms with Crippen molar-refractivity contribution in [2.45, 2.75) is 32.9 Å². The molecule has 0 radical (unpaired) electrons. The van der Waals surface area contributed by atoms with Crippen LogP contribution in [0.1, 0.15) is 20.8 Å². The fourth-order valence-electron chi connectivity index (χ4n) is 2.70. The molecule has 0 saturated carbocycles. The number of rotatable bonds is 6. The number of halogens is 2. The van der Waals surface area contributed by atoms with Gasteiger partial charge < -0.3 is 10.1 Å². The van der Waals surface area contributed by atoms with Gasteiger partial charge in [-0.2, -0.15) is 14.8 Å². The second-order valence-electron chi connectivity index (χ2n) is 7.58. The minimum atomic E-state index is -0.548. The van der Waals surface area contributed by atoms with E-state index >= 15 is 0 Å². The third-order valence-corrected chi connectivity index (χ3v) is 4.39. The maximum Gasteiger partial charge on any atom is 0.229 e. The Morgan fingerprint density at radius 2 is 2.07 bits per heavy atom. The average molecular weight is 431 g/mol. The summed E-state index contributed by atoms with van der Waals surface area (Å²) >= 11 is 5.76. The Labute approximate surface area is 176 Å². The summed E-state index contributed by atoms with van der Waals surface area (Å²) in [7, 11) is 0. The lowest BCUT2D eigenvalue weighted by Crippen LogP contribution is -2.22. The summed E-state index contributed by atoms with van der Waals surface area (Å²) in [6, 6.07) is 4.37. The van der Waals surface area contributed by atoms with Crippen molar-refractivity contribution >= 4 is 34.4 Å². The second kappa shape index (κ2) is 7.96. The zero-order valence-corrected chi connectivity index (χ0v) is 17.4. The van der Waals surface area contributed by atoms with Crippen LogP contribution in [-0.2, 0) is 11.3 Å². The van der Waals surface area contributed by atoms with Gasteiger partial charge in [0.05, 0.1) is 47.5 Å². The van der Waals surface area contributed by atoms with E-state index in [9.17, 15) is 4.39 Å². The third kappa shape index (κ3) is 4.55. The van der Waals surface area contributed by atoms with Crippen LogP contribution in [0.5, 0.6) is 0 Å². The van der Waals surface area contributed by atoms with E-state index in [4.69, 9.17) is 16.3 Å². The van der Waals surface area contributed by atoms with Gasteiger partial charge in [-0.3, -0.25) is 4.68 Å². The van der Waals surface area contributed by atoms with Crippen LogP contribution in [0.15, 0.2) is 36.8 Å². The Morgan fingerprint density at radius 1 is 1.23 bits per heavy atom. The average Bonchev–Trinajstić information content (AvgIpc) is 3.30. The number of benzene rings is 1. The fourth-order valence-corrected chi connectivity index (χ4v) is 2.82. The molecule has 4 aromatic rings. The molecule has 4 rings (SSSR count). The van der Waals surface area contributed by atoms with Gasteiger partial charge in [-0.15, -0.1) is 5.10 Å². The highest BCUT2D eigenvalue weighted by molar-refractivity contribution is 6.30. The SMILES string of the molecule is CC(C)(C)OCCn1cc(Nc2ncc3nnn(-c4ccc(Cl)c(F)c4)c3n2)cn1. The lowest BCUT2D eigenvalue weighted by molar-refractivity contribution is -0.00788. The molecule has 0 amide bonds. The molecule has 3 aromatic heterocycles. The normalized spacial score (nSPS) is 11.9. The van der Waals surface area contributed by atoms with Gasteiger partial charge in [-0.1, -0.05) is 16.8 Å². The van der Waals surface area contributed by atoms with Gasteiger partial charge in [0.1, 0.15) is 5.82 Å². The molecule has 0 unspecified atom stereocenters. The smallest absolute Gasteiger partial charge is 0.229 e.